The minimum absolute atomic E-state index is 0.0481. The Morgan fingerprint density at radius 1 is 1.37 bits per heavy atom. The Labute approximate surface area is 119 Å². The number of carbonyl (C=O) groups is 1. The molecular weight excluding hydrogens is 260 g/mol. The number of aliphatic hydroxyl groups excluding tert-OH is 1. The summed E-state index contributed by atoms with van der Waals surface area (Å²) in [6, 6.07) is 3.45. The zero-order chi connectivity index (χ0) is 14.7. The lowest BCUT2D eigenvalue weighted by Crippen LogP contribution is -2.46. The number of pyridine rings is 1. The normalized spacial score (nSPS) is 12.3. The number of carbonyl (C=O) groups excluding carboxylic acids is 1. The highest BCUT2D eigenvalue weighted by Gasteiger charge is 2.21. The number of rotatable bonds is 4. The van der Waals surface area contributed by atoms with E-state index >= 15 is 0 Å². The molecule has 1 rings (SSSR count). The smallest absolute Gasteiger partial charge is 0.251 e. The summed E-state index contributed by atoms with van der Waals surface area (Å²) in [4.78, 5) is 16.3. The molecule has 5 heteroatoms. The van der Waals surface area contributed by atoms with E-state index in [1.807, 2.05) is 0 Å². The number of aromatic nitrogens is 1. The second-order valence-electron chi connectivity index (χ2n) is 6.09. The summed E-state index contributed by atoms with van der Waals surface area (Å²) in [6.45, 7) is 9.74. The highest BCUT2D eigenvalue weighted by atomic mass is 32.2. The van der Waals surface area contributed by atoms with Gasteiger partial charge in [0.2, 0.25) is 0 Å². The van der Waals surface area contributed by atoms with Gasteiger partial charge in [-0.3, -0.25) is 4.79 Å². The van der Waals surface area contributed by atoms with Gasteiger partial charge in [0.25, 0.3) is 5.91 Å². The average Bonchev–Trinajstić information content (AvgIpc) is 2.26. The number of hydrogen-bond acceptors (Lipinski definition) is 4. The standard InChI is InChI=1S/C14H22N2O2S/c1-13(2,3)19-11-8-10(6-7-15-11)12(18)16-14(4,5)9-17/h6-8,17H,9H2,1-5H3,(H,16,18). The number of nitrogens with one attached hydrogen (secondary N) is 1. The Kier molecular flexibility index (Phi) is 4.98. The number of amides is 1. The van der Waals surface area contributed by atoms with E-state index in [-0.39, 0.29) is 17.3 Å². The van der Waals surface area contributed by atoms with Gasteiger partial charge in [0.1, 0.15) is 0 Å². The number of thioether (sulfide) groups is 1. The van der Waals surface area contributed by atoms with Gasteiger partial charge < -0.3 is 10.4 Å². The Balaban J connectivity index is 2.85. The van der Waals surface area contributed by atoms with Crippen LogP contribution >= 0.6 is 11.8 Å². The van der Waals surface area contributed by atoms with Crippen LogP contribution < -0.4 is 5.32 Å². The molecule has 0 saturated heterocycles. The van der Waals surface area contributed by atoms with Gasteiger partial charge >= 0.3 is 0 Å². The fourth-order valence-electron chi connectivity index (χ4n) is 1.34. The van der Waals surface area contributed by atoms with Crippen LogP contribution in [0.4, 0.5) is 0 Å². The van der Waals surface area contributed by atoms with E-state index in [2.05, 4.69) is 31.1 Å². The van der Waals surface area contributed by atoms with Crippen LogP contribution in [-0.4, -0.2) is 32.9 Å². The Morgan fingerprint density at radius 3 is 2.53 bits per heavy atom. The van der Waals surface area contributed by atoms with E-state index in [0.29, 0.717) is 5.56 Å². The first-order valence-electron chi connectivity index (χ1n) is 6.21. The lowest BCUT2D eigenvalue weighted by Gasteiger charge is -2.23. The fraction of sp³-hybridized carbons (Fsp3) is 0.571. The maximum atomic E-state index is 12.1. The molecule has 19 heavy (non-hydrogen) atoms. The molecule has 106 valence electrons. The average molecular weight is 282 g/mol. The van der Waals surface area contributed by atoms with Gasteiger partial charge in [-0.1, -0.05) is 20.8 Å². The molecule has 0 aromatic carbocycles. The summed E-state index contributed by atoms with van der Waals surface area (Å²) >= 11 is 1.62. The lowest BCUT2D eigenvalue weighted by atomic mass is 10.1. The van der Waals surface area contributed by atoms with Crippen molar-refractivity contribution in [2.45, 2.75) is 49.9 Å². The monoisotopic (exact) mass is 282 g/mol. The van der Waals surface area contributed by atoms with E-state index in [9.17, 15) is 4.79 Å². The highest BCUT2D eigenvalue weighted by molar-refractivity contribution is 8.00. The van der Waals surface area contributed by atoms with Crippen LogP contribution in [0.15, 0.2) is 23.4 Å². The molecule has 0 fully saturated rings. The van der Waals surface area contributed by atoms with Gasteiger partial charge in [-0.2, -0.15) is 0 Å². The van der Waals surface area contributed by atoms with Gasteiger partial charge in [-0.25, -0.2) is 4.98 Å². The van der Waals surface area contributed by atoms with E-state index in [4.69, 9.17) is 5.11 Å². The molecule has 1 heterocycles. The Morgan fingerprint density at radius 2 is 2.00 bits per heavy atom. The largest absolute Gasteiger partial charge is 0.394 e. The zero-order valence-electron chi connectivity index (χ0n) is 12.2. The van der Waals surface area contributed by atoms with Crippen LogP contribution in [0.3, 0.4) is 0 Å². The third-order valence-electron chi connectivity index (χ3n) is 2.25. The molecule has 0 unspecified atom stereocenters. The van der Waals surface area contributed by atoms with Crippen molar-refractivity contribution < 1.29 is 9.90 Å². The summed E-state index contributed by atoms with van der Waals surface area (Å²) in [6.07, 6.45) is 1.63. The summed E-state index contributed by atoms with van der Waals surface area (Å²) in [5, 5.41) is 12.8. The second-order valence-corrected chi connectivity index (χ2v) is 7.94. The molecule has 4 nitrogen and oxygen atoms in total. The van der Waals surface area contributed by atoms with E-state index in [0.717, 1.165) is 5.03 Å². The van der Waals surface area contributed by atoms with Gasteiger partial charge in [0.05, 0.1) is 17.2 Å². The van der Waals surface area contributed by atoms with Crippen molar-refractivity contribution in [2.24, 2.45) is 0 Å². The van der Waals surface area contributed by atoms with Crippen LogP contribution in [0.2, 0.25) is 0 Å². The van der Waals surface area contributed by atoms with E-state index < -0.39 is 5.54 Å². The van der Waals surface area contributed by atoms with Crippen LogP contribution in [0, 0.1) is 0 Å². The topological polar surface area (TPSA) is 62.2 Å². The van der Waals surface area contributed by atoms with Crippen molar-refractivity contribution in [2.75, 3.05) is 6.61 Å². The first kappa shape index (κ1) is 16.0. The van der Waals surface area contributed by atoms with Crippen molar-refractivity contribution in [3.05, 3.63) is 23.9 Å². The number of aliphatic hydroxyl groups is 1. The zero-order valence-corrected chi connectivity index (χ0v) is 13.0. The molecule has 0 saturated carbocycles. The van der Waals surface area contributed by atoms with Crippen LogP contribution in [0.5, 0.6) is 0 Å². The molecule has 1 aromatic rings. The summed E-state index contributed by atoms with van der Waals surface area (Å²) in [5.41, 5.74) is -0.0687. The van der Waals surface area contributed by atoms with Crippen molar-refractivity contribution in [1.29, 1.82) is 0 Å². The van der Waals surface area contributed by atoms with Crippen molar-refractivity contribution in [3.63, 3.8) is 0 Å². The fourth-order valence-corrected chi connectivity index (χ4v) is 2.27. The third-order valence-corrected chi connectivity index (χ3v) is 3.30. The summed E-state index contributed by atoms with van der Waals surface area (Å²) < 4.78 is 0.0481. The van der Waals surface area contributed by atoms with Gasteiger partial charge in [0.15, 0.2) is 0 Å². The molecule has 2 N–H and O–H groups in total. The van der Waals surface area contributed by atoms with Gasteiger partial charge in [0, 0.05) is 16.5 Å². The van der Waals surface area contributed by atoms with E-state index in [1.165, 1.54) is 0 Å². The first-order chi connectivity index (χ1) is 8.63. The third kappa shape index (κ3) is 5.61. The Hall–Kier alpha value is -1.07. The van der Waals surface area contributed by atoms with Crippen LogP contribution in [0.1, 0.15) is 45.0 Å². The molecule has 0 aliphatic carbocycles. The Bertz CT molecular complexity index is 453. The number of hydrogen-bond donors (Lipinski definition) is 2. The maximum absolute atomic E-state index is 12.1. The lowest BCUT2D eigenvalue weighted by molar-refractivity contribution is 0.0869. The van der Waals surface area contributed by atoms with Gasteiger partial charge in [-0.05, 0) is 26.0 Å². The van der Waals surface area contributed by atoms with Crippen LogP contribution in [0.25, 0.3) is 0 Å². The number of nitrogens with zero attached hydrogens (tertiary/aromatic N) is 1. The van der Waals surface area contributed by atoms with Crippen molar-refractivity contribution in [3.8, 4) is 0 Å². The molecular formula is C14H22N2O2S. The SMILES string of the molecule is CC(C)(CO)NC(=O)c1ccnc(SC(C)(C)C)c1. The van der Waals surface area contributed by atoms with E-state index in [1.54, 1.807) is 43.9 Å². The first-order valence-corrected chi connectivity index (χ1v) is 7.03. The summed E-state index contributed by atoms with van der Waals surface area (Å²) in [5.74, 6) is -0.197. The second kappa shape index (κ2) is 5.92. The predicted octanol–water partition coefficient (Wildman–Crippen LogP) is 2.47. The molecule has 1 amide bonds. The molecule has 0 bridgehead atoms. The predicted molar refractivity (Wildman–Crippen MR) is 78.5 cm³/mol. The minimum Gasteiger partial charge on any atom is -0.394 e. The molecule has 0 aliphatic heterocycles. The molecule has 0 spiro atoms. The molecule has 0 radical (unpaired) electrons. The van der Waals surface area contributed by atoms with Crippen molar-refractivity contribution >= 4 is 17.7 Å². The summed E-state index contributed by atoms with van der Waals surface area (Å²) in [7, 11) is 0. The van der Waals surface area contributed by atoms with Crippen molar-refractivity contribution in [1.82, 2.24) is 10.3 Å². The quantitative estimate of drug-likeness (QED) is 0.833. The molecule has 0 atom stereocenters. The molecule has 0 aliphatic rings. The van der Waals surface area contributed by atoms with Crippen LogP contribution in [-0.2, 0) is 0 Å². The van der Waals surface area contributed by atoms with Gasteiger partial charge in [-0.15, -0.1) is 11.8 Å². The maximum Gasteiger partial charge on any atom is 0.251 e. The molecule has 1 aromatic heterocycles. The minimum atomic E-state index is -0.627. The highest BCUT2D eigenvalue weighted by Crippen LogP contribution is 2.30.